The summed E-state index contributed by atoms with van der Waals surface area (Å²) >= 11 is 0. The highest BCUT2D eigenvalue weighted by Gasteiger charge is 2.26. The van der Waals surface area contributed by atoms with Crippen LogP contribution in [0.1, 0.15) is 28.7 Å². The highest BCUT2D eigenvalue weighted by atomic mass is 16.6. The van der Waals surface area contributed by atoms with Crippen LogP contribution in [0.2, 0.25) is 0 Å². The first-order chi connectivity index (χ1) is 12.2. The number of hydrogen-bond acceptors (Lipinski definition) is 8. The van der Waals surface area contributed by atoms with Gasteiger partial charge >= 0.3 is 5.97 Å². The number of nitrogens with one attached hydrogen (secondary N) is 1. The van der Waals surface area contributed by atoms with Crippen LogP contribution in [0.3, 0.4) is 0 Å². The van der Waals surface area contributed by atoms with Gasteiger partial charge in [-0.1, -0.05) is 5.16 Å². The summed E-state index contributed by atoms with van der Waals surface area (Å²) in [6.45, 7) is 4.46. The summed E-state index contributed by atoms with van der Waals surface area (Å²) in [5.74, 6) is -0.954. The Morgan fingerprint density at radius 1 is 1.35 bits per heavy atom. The maximum absolute atomic E-state index is 12.2. The van der Waals surface area contributed by atoms with Crippen LogP contribution in [-0.4, -0.2) is 35.2 Å². The predicted molar refractivity (Wildman–Crippen MR) is 89.1 cm³/mol. The molecule has 1 aromatic heterocycles. The summed E-state index contributed by atoms with van der Waals surface area (Å²) in [5.41, 5.74) is 0.0916. The molecule has 0 aliphatic heterocycles. The summed E-state index contributed by atoms with van der Waals surface area (Å²) < 4.78 is 14.9. The van der Waals surface area contributed by atoms with Crippen molar-refractivity contribution in [3.8, 4) is 5.75 Å². The molecule has 10 heteroatoms. The number of esters is 1. The second-order valence-corrected chi connectivity index (χ2v) is 5.38. The van der Waals surface area contributed by atoms with Gasteiger partial charge in [-0.15, -0.1) is 0 Å². The van der Waals surface area contributed by atoms with Gasteiger partial charge in [0, 0.05) is 0 Å². The number of carbonyl (C=O) groups is 2. The molecule has 0 radical (unpaired) electrons. The molecule has 0 aliphatic carbocycles. The number of ether oxygens (including phenoxy) is 2. The zero-order valence-corrected chi connectivity index (χ0v) is 14.6. The minimum atomic E-state index is -1.20. The van der Waals surface area contributed by atoms with E-state index in [0.717, 1.165) is 0 Å². The van der Waals surface area contributed by atoms with E-state index >= 15 is 0 Å². The van der Waals surface area contributed by atoms with E-state index in [9.17, 15) is 19.7 Å². The Morgan fingerprint density at radius 3 is 2.58 bits per heavy atom. The van der Waals surface area contributed by atoms with Crippen molar-refractivity contribution < 1.29 is 28.5 Å². The third-order valence-electron chi connectivity index (χ3n) is 3.55. The monoisotopic (exact) mass is 363 g/mol. The van der Waals surface area contributed by atoms with Gasteiger partial charge in [0.1, 0.15) is 22.8 Å². The van der Waals surface area contributed by atoms with Gasteiger partial charge in [0.25, 0.3) is 11.6 Å². The van der Waals surface area contributed by atoms with Crippen LogP contribution in [0.4, 0.5) is 11.4 Å². The third kappa shape index (κ3) is 3.97. The number of anilines is 1. The number of carbonyl (C=O) groups excluding carboxylic acids is 2. The fraction of sp³-hybridized carbons (Fsp3) is 0.312. The van der Waals surface area contributed by atoms with Crippen molar-refractivity contribution >= 4 is 23.3 Å². The molecule has 1 heterocycles. The van der Waals surface area contributed by atoms with E-state index in [1.807, 2.05) is 0 Å². The van der Waals surface area contributed by atoms with Crippen LogP contribution in [0.25, 0.3) is 0 Å². The van der Waals surface area contributed by atoms with E-state index in [4.69, 9.17) is 14.0 Å². The number of benzene rings is 1. The Kier molecular flexibility index (Phi) is 5.55. The van der Waals surface area contributed by atoms with Gasteiger partial charge in [-0.25, -0.2) is 4.79 Å². The minimum absolute atomic E-state index is 0.0407. The number of amides is 1. The lowest BCUT2D eigenvalue weighted by Crippen LogP contribution is -2.30. The fourth-order valence-electron chi connectivity index (χ4n) is 2.18. The Hall–Kier alpha value is -3.43. The molecule has 1 atom stereocenters. The van der Waals surface area contributed by atoms with Crippen LogP contribution in [0.5, 0.6) is 5.75 Å². The Bertz CT molecular complexity index is 840. The first-order valence-corrected chi connectivity index (χ1v) is 7.51. The molecule has 2 aromatic rings. The van der Waals surface area contributed by atoms with Gasteiger partial charge in [0.2, 0.25) is 0 Å². The molecular weight excluding hydrogens is 346 g/mol. The third-order valence-corrected chi connectivity index (χ3v) is 3.55. The number of nitro benzene ring substituents is 1. The number of rotatable bonds is 6. The molecule has 0 saturated carbocycles. The number of hydrogen-bond donors (Lipinski definition) is 1. The first kappa shape index (κ1) is 18.9. The fourth-order valence-corrected chi connectivity index (χ4v) is 2.18. The minimum Gasteiger partial charge on any atom is -0.496 e. The molecule has 2 rings (SSSR count). The molecule has 0 saturated heterocycles. The molecule has 0 unspecified atom stereocenters. The molecule has 10 nitrogen and oxygen atoms in total. The van der Waals surface area contributed by atoms with E-state index in [1.165, 1.54) is 32.2 Å². The van der Waals surface area contributed by atoms with E-state index in [-0.39, 0.29) is 28.4 Å². The number of nitrogens with zero attached hydrogens (tertiary/aromatic N) is 2. The van der Waals surface area contributed by atoms with Crippen molar-refractivity contribution in [1.82, 2.24) is 5.16 Å². The van der Waals surface area contributed by atoms with E-state index in [0.29, 0.717) is 5.69 Å². The highest BCUT2D eigenvalue weighted by Crippen LogP contribution is 2.29. The lowest BCUT2D eigenvalue weighted by Gasteiger charge is -2.13. The zero-order valence-electron chi connectivity index (χ0n) is 14.6. The molecule has 0 aliphatic rings. The number of aromatic nitrogens is 1. The molecular formula is C16H17N3O7. The smallest absolute Gasteiger partial charge is 0.344 e. The van der Waals surface area contributed by atoms with Crippen LogP contribution < -0.4 is 10.1 Å². The number of aryl methyl sites for hydroxylation is 2. The molecule has 26 heavy (non-hydrogen) atoms. The van der Waals surface area contributed by atoms with Gasteiger partial charge < -0.3 is 19.3 Å². The van der Waals surface area contributed by atoms with Gasteiger partial charge in [0.15, 0.2) is 6.10 Å². The summed E-state index contributed by atoms with van der Waals surface area (Å²) in [6.07, 6.45) is -1.20. The van der Waals surface area contributed by atoms with Crippen molar-refractivity contribution in [1.29, 1.82) is 0 Å². The Balaban J connectivity index is 2.12. The van der Waals surface area contributed by atoms with Gasteiger partial charge in [-0.3, -0.25) is 14.9 Å². The van der Waals surface area contributed by atoms with Crippen molar-refractivity contribution in [3.05, 3.63) is 45.3 Å². The summed E-state index contributed by atoms with van der Waals surface area (Å²) in [7, 11) is 1.37. The quantitative estimate of drug-likeness (QED) is 0.470. The van der Waals surface area contributed by atoms with E-state index in [2.05, 4.69) is 10.5 Å². The van der Waals surface area contributed by atoms with Crippen LogP contribution in [-0.2, 0) is 9.53 Å². The highest BCUT2D eigenvalue weighted by molar-refractivity contribution is 5.99. The average Bonchev–Trinajstić information content (AvgIpc) is 2.93. The maximum atomic E-state index is 12.2. The Labute approximate surface area is 148 Å². The van der Waals surface area contributed by atoms with Gasteiger partial charge in [-0.05, 0) is 32.9 Å². The van der Waals surface area contributed by atoms with Gasteiger partial charge in [0.05, 0.1) is 23.8 Å². The summed E-state index contributed by atoms with van der Waals surface area (Å²) in [6, 6.07) is 3.97. The second-order valence-electron chi connectivity index (χ2n) is 5.38. The van der Waals surface area contributed by atoms with Crippen LogP contribution in [0.15, 0.2) is 22.7 Å². The largest absolute Gasteiger partial charge is 0.496 e. The maximum Gasteiger partial charge on any atom is 0.344 e. The summed E-state index contributed by atoms with van der Waals surface area (Å²) in [5, 5.41) is 17.2. The topological polar surface area (TPSA) is 134 Å². The standard InChI is InChI=1S/C16H17N3O7/c1-8-14(9(2)26-18-8)16(21)25-10(3)15(20)17-12-6-5-11(24-4)7-13(12)19(22)23/h5-7,10H,1-4H3,(H,17,20)/t10-/m1/s1. The number of methoxy groups -OCH3 is 1. The second kappa shape index (κ2) is 7.64. The van der Waals surface area contributed by atoms with Crippen LogP contribution in [0, 0.1) is 24.0 Å². The SMILES string of the molecule is COc1ccc(NC(=O)[C@@H](C)OC(=O)c2c(C)noc2C)c([N+](=O)[O-])c1. The first-order valence-electron chi connectivity index (χ1n) is 7.51. The van der Waals surface area contributed by atoms with Crippen LogP contribution >= 0.6 is 0 Å². The number of nitro groups is 1. The molecule has 138 valence electrons. The average molecular weight is 363 g/mol. The van der Waals surface area contributed by atoms with Crippen molar-refractivity contribution in [2.24, 2.45) is 0 Å². The normalized spacial score (nSPS) is 11.5. The molecule has 0 spiro atoms. The van der Waals surface area contributed by atoms with Crippen molar-refractivity contribution in [2.45, 2.75) is 26.9 Å². The predicted octanol–water partition coefficient (Wildman–Crippen LogP) is 2.39. The lowest BCUT2D eigenvalue weighted by atomic mass is 10.2. The zero-order chi connectivity index (χ0) is 19.4. The molecule has 1 N–H and O–H groups in total. The van der Waals surface area contributed by atoms with E-state index in [1.54, 1.807) is 13.8 Å². The molecule has 0 bridgehead atoms. The molecule has 1 amide bonds. The van der Waals surface area contributed by atoms with Crippen molar-refractivity contribution in [3.63, 3.8) is 0 Å². The Morgan fingerprint density at radius 2 is 2.04 bits per heavy atom. The summed E-state index contributed by atoms with van der Waals surface area (Å²) in [4.78, 5) is 34.9. The lowest BCUT2D eigenvalue weighted by molar-refractivity contribution is -0.384. The molecule has 1 aromatic carbocycles. The van der Waals surface area contributed by atoms with E-state index < -0.39 is 22.9 Å². The van der Waals surface area contributed by atoms with Crippen molar-refractivity contribution in [2.75, 3.05) is 12.4 Å². The van der Waals surface area contributed by atoms with Gasteiger partial charge in [-0.2, -0.15) is 0 Å². The molecule has 0 fully saturated rings.